The number of anilines is 1. The molecule has 29 heavy (non-hydrogen) atoms. The van der Waals surface area contributed by atoms with Gasteiger partial charge in [-0.3, -0.25) is 0 Å². The predicted molar refractivity (Wildman–Crippen MR) is 111 cm³/mol. The highest BCUT2D eigenvalue weighted by Crippen LogP contribution is 2.42. The van der Waals surface area contributed by atoms with Gasteiger partial charge in [-0.25, -0.2) is 18.7 Å². The number of nitrogens with one attached hydrogen (secondary N) is 1. The summed E-state index contributed by atoms with van der Waals surface area (Å²) < 4.78 is 35.6. The first-order valence-electron chi connectivity index (χ1n) is 9.08. The second-order valence-electron chi connectivity index (χ2n) is 6.59. The van der Waals surface area contributed by atoms with Gasteiger partial charge in [-0.2, -0.15) is 0 Å². The van der Waals surface area contributed by atoms with Crippen LogP contribution in [0.2, 0.25) is 5.02 Å². The van der Waals surface area contributed by atoms with E-state index in [4.69, 9.17) is 27.9 Å². The lowest BCUT2D eigenvalue weighted by Crippen LogP contribution is -2.44. The molecule has 0 unspecified atom stereocenters. The molecule has 0 bridgehead atoms. The summed E-state index contributed by atoms with van der Waals surface area (Å²) in [4.78, 5) is 10.8. The molecule has 1 aliphatic heterocycles. The van der Waals surface area contributed by atoms with E-state index >= 15 is 4.39 Å². The van der Waals surface area contributed by atoms with E-state index in [1.807, 2.05) is 4.90 Å². The minimum absolute atomic E-state index is 0.0233. The lowest BCUT2D eigenvalue weighted by atomic mass is 10.0. The van der Waals surface area contributed by atoms with Crippen LogP contribution in [-0.2, 0) is 5.88 Å². The highest BCUT2D eigenvalue weighted by molar-refractivity contribution is 6.34. The van der Waals surface area contributed by atoms with Crippen molar-refractivity contribution in [3.63, 3.8) is 0 Å². The summed E-state index contributed by atoms with van der Waals surface area (Å²) in [7, 11) is 1.39. The quantitative estimate of drug-likeness (QED) is 0.612. The van der Waals surface area contributed by atoms with Gasteiger partial charge in [0.1, 0.15) is 28.7 Å². The third kappa shape index (κ3) is 3.58. The summed E-state index contributed by atoms with van der Waals surface area (Å²) in [6.45, 7) is 2.97. The number of methoxy groups -OCH3 is 1. The summed E-state index contributed by atoms with van der Waals surface area (Å²) in [5.74, 6) is -0.311. The molecule has 9 heteroatoms. The Balaban J connectivity index is 2.01. The summed E-state index contributed by atoms with van der Waals surface area (Å²) >= 11 is 12.4. The van der Waals surface area contributed by atoms with Crippen molar-refractivity contribution in [3.8, 4) is 16.9 Å². The van der Waals surface area contributed by atoms with E-state index in [9.17, 15) is 4.39 Å². The van der Waals surface area contributed by atoms with Crippen molar-refractivity contribution in [2.75, 3.05) is 38.2 Å². The molecule has 0 saturated carbocycles. The van der Waals surface area contributed by atoms with E-state index in [1.54, 1.807) is 12.1 Å². The van der Waals surface area contributed by atoms with Gasteiger partial charge >= 0.3 is 0 Å². The molecule has 1 saturated heterocycles. The average Bonchev–Trinajstić information content (AvgIpc) is 2.75. The fraction of sp³-hybridized carbons (Fsp3) is 0.300. The van der Waals surface area contributed by atoms with Crippen molar-refractivity contribution < 1.29 is 13.5 Å². The normalized spacial score (nSPS) is 14.4. The van der Waals surface area contributed by atoms with Crippen LogP contribution in [0.1, 0.15) is 5.82 Å². The SMILES string of the molecule is COc1cccc(F)c1-c1c(Cl)cc2c(N3CCNCC3)nc(CCl)nc2c1F. The van der Waals surface area contributed by atoms with Crippen LogP contribution in [0.15, 0.2) is 24.3 Å². The summed E-state index contributed by atoms with van der Waals surface area (Å²) in [6, 6.07) is 5.85. The summed E-state index contributed by atoms with van der Waals surface area (Å²) in [6.07, 6.45) is 0. The number of hydrogen-bond acceptors (Lipinski definition) is 5. The Bertz CT molecular complexity index is 1070. The van der Waals surface area contributed by atoms with Gasteiger partial charge in [-0.1, -0.05) is 17.7 Å². The van der Waals surface area contributed by atoms with Gasteiger partial charge in [0.2, 0.25) is 0 Å². The first-order chi connectivity index (χ1) is 14.0. The fourth-order valence-electron chi connectivity index (χ4n) is 3.55. The van der Waals surface area contributed by atoms with Crippen LogP contribution in [0.25, 0.3) is 22.0 Å². The van der Waals surface area contributed by atoms with Gasteiger partial charge in [0.15, 0.2) is 5.82 Å². The fourth-order valence-corrected chi connectivity index (χ4v) is 3.95. The zero-order chi connectivity index (χ0) is 20.5. The third-order valence-electron chi connectivity index (χ3n) is 4.89. The topological polar surface area (TPSA) is 50.3 Å². The van der Waals surface area contributed by atoms with E-state index in [-0.39, 0.29) is 33.3 Å². The number of ether oxygens (including phenoxy) is 1. The van der Waals surface area contributed by atoms with E-state index in [0.29, 0.717) is 30.1 Å². The molecule has 1 fully saturated rings. The Morgan fingerprint density at radius 1 is 1.17 bits per heavy atom. The number of alkyl halides is 1. The highest BCUT2D eigenvalue weighted by Gasteiger charge is 2.25. The second-order valence-corrected chi connectivity index (χ2v) is 7.27. The third-order valence-corrected chi connectivity index (χ3v) is 5.43. The van der Waals surface area contributed by atoms with Crippen LogP contribution >= 0.6 is 23.2 Å². The number of nitrogens with zero attached hydrogens (tertiary/aromatic N) is 3. The van der Waals surface area contributed by atoms with E-state index < -0.39 is 11.6 Å². The Hall–Kier alpha value is -2.22. The minimum Gasteiger partial charge on any atom is -0.496 e. The minimum atomic E-state index is -0.735. The molecular weight excluding hydrogens is 421 g/mol. The Labute approximate surface area is 176 Å². The highest BCUT2D eigenvalue weighted by atomic mass is 35.5. The number of hydrogen-bond donors (Lipinski definition) is 1. The molecule has 0 aliphatic carbocycles. The van der Waals surface area contributed by atoms with Gasteiger partial charge < -0.3 is 15.0 Å². The number of benzene rings is 2. The molecule has 4 rings (SSSR count). The van der Waals surface area contributed by atoms with Crippen molar-refractivity contribution in [1.82, 2.24) is 15.3 Å². The van der Waals surface area contributed by atoms with Crippen molar-refractivity contribution in [2.45, 2.75) is 5.88 Å². The number of aromatic nitrogens is 2. The monoisotopic (exact) mass is 438 g/mol. The van der Waals surface area contributed by atoms with Crippen LogP contribution in [-0.4, -0.2) is 43.3 Å². The summed E-state index contributed by atoms with van der Waals surface area (Å²) in [5, 5.41) is 3.78. The predicted octanol–water partition coefficient (Wildman–Crippen LogP) is 4.39. The first-order valence-corrected chi connectivity index (χ1v) is 9.99. The molecule has 2 aromatic carbocycles. The second kappa shape index (κ2) is 8.26. The van der Waals surface area contributed by atoms with E-state index in [1.165, 1.54) is 19.2 Å². The molecule has 0 atom stereocenters. The molecular formula is C20H18Cl2F2N4O. The zero-order valence-electron chi connectivity index (χ0n) is 15.6. The molecule has 152 valence electrons. The Morgan fingerprint density at radius 2 is 1.93 bits per heavy atom. The van der Waals surface area contributed by atoms with Crippen LogP contribution in [0, 0.1) is 11.6 Å². The Kier molecular flexibility index (Phi) is 5.72. The van der Waals surface area contributed by atoms with Crippen molar-refractivity contribution in [3.05, 3.63) is 46.7 Å². The van der Waals surface area contributed by atoms with Crippen LogP contribution < -0.4 is 15.0 Å². The summed E-state index contributed by atoms with van der Waals surface area (Å²) in [5.41, 5.74) is -0.0948. The molecule has 1 aromatic heterocycles. The molecule has 5 nitrogen and oxygen atoms in total. The lowest BCUT2D eigenvalue weighted by molar-refractivity contribution is 0.413. The number of piperazine rings is 1. The number of fused-ring (bicyclic) bond motifs is 1. The van der Waals surface area contributed by atoms with E-state index in [2.05, 4.69) is 15.3 Å². The molecule has 1 aliphatic rings. The molecule has 0 amide bonds. The maximum Gasteiger partial charge on any atom is 0.159 e. The van der Waals surface area contributed by atoms with Gasteiger partial charge in [-0.15, -0.1) is 11.6 Å². The number of rotatable bonds is 4. The average molecular weight is 439 g/mol. The molecule has 0 radical (unpaired) electrons. The van der Waals surface area contributed by atoms with Gasteiger partial charge in [0, 0.05) is 37.1 Å². The van der Waals surface area contributed by atoms with Gasteiger partial charge in [-0.05, 0) is 18.2 Å². The lowest BCUT2D eigenvalue weighted by Gasteiger charge is -2.29. The number of halogens is 4. The van der Waals surface area contributed by atoms with E-state index in [0.717, 1.165) is 13.1 Å². The zero-order valence-corrected chi connectivity index (χ0v) is 17.1. The molecule has 0 spiro atoms. The molecule has 3 aromatic rings. The van der Waals surface area contributed by atoms with Crippen LogP contribution in [0.4, 0.5) is 14.6 Å². The van der Waals surface area contributed by atoms with Crippen molar-refractivity contribution >= 4 is 39.9 Å². The Morgan fingerprint density at radius 3 is 2.62 bits per heavy atom. The van der Waals surface area contributed by atoms with Gasteiger partial charge in [0.05, 0.1) is 23.6 Å². The van der Waals surface area contributed by atoms with Crippen molar-refractivity contribution in [2.24, 2.45) is 0 Å². The molecule has 1 N–H and O–H groups in total. The largest absolute Gasteiger partial charge is 0.496 e. The van der Waals surface area contributed by atoms with Crippen LogP contribution in [0.3, 0.4) is 0 Å². The van der Waals surface area contributed by atoms with Gasteiger partial charge in [0.25, 0.3) is 0 Å². The first kappa shape index (κ1) is 20.1. The van der Waals surface area contributed by atoms with Crippen LogP contribution in [0.5, 0.6) is 5.75 Å². The maximum atomic E-state index is 15.7. The smallest absolute Gasteiger partial charge is 0.159 e. The maximum absolute atomic E-state index is 15.7. The standard InChI is InChI=1S/C20H18Cl2F2N4O/c1-29-14-4-2-3-13(23)17(14)16-12(22)9-11-19(18(16)24)26-15(10-21)27-20(11)28-7-5-25-6-8-28/h2-4,9,25H,5-8,10H2,1H3. The molecule has 2 heterocycles. The van der Waals surface area contributed by atoms with Crippen molar-refractivity contribution in [1.29, 1.82) is 0 Å².